The number of nitrogens with one attached hydrogen (secondary N) is 1. The van der Waals surface area contributed by atoms with Gasteiger partial charge in [0.2, 0.25) is 10.0 Å². The Balaban J connectivity index is 2.25. The van der Waals surface area contributed by atoms with Crippen molar-refractivity contribution in [1.82, 2.24) is 4.72 Å². The summed E-state index contributed by atoms with van der Waals surface area (Å²) in [6.07, 6.45) is 1.08. The number of nitrogens with zero attached hydrogens (tertiary/aromatic N) is 1. The third-order valence-corrected chi connectivity index (χ3v) is 6.15. The van der Waals surface area contributed by atoms with Crippen LogP contribution in [0.25, 0.3) is 0 Å². The Labute approximate surface area is 145 Å². The topological polar surface area (TPSA) is 123 Å². The van der Waals surface area contributed by atoms with E-state index in [0.717, 1.165) is 12.3 Å². The maximum atomic E-state index is 12.4. The second-order valence-corrected chi connectivity index (χ2v) is 9.17. The van der Waals surface area contributed by atoms with Crippen LogP contribution < -0.4 is 4.72 Å². The van der Waals surface area contributed by atoms with Crippen LogP contribution in [0.3, 0.4) is 0 Å². The molecule has 1 N–H and O–H groups in total. The van der Waals surface area contributed by atoms with Gasteiger partial charge in [0.15, 0.2) is 9.84 Å². The third-order valence-electron chi connectivity index (χ3n) is 3.48. The summed E-state index contributed by atoms with van der Waals surface area (Å²) in [5.74, 6) is 0. The molecule has 2 aromatic carbocycles. The highest BCUT2D eigenvalue weighted by Crippen LogP contribution is 2.21. The minimum absolute atomic E-state index is 0.130. The lowest BCUT2D eigenvalue weighted by molar-refractivity contribution is -0.385. The first-order valence-electron chi connectivity index (χ1n) is 7.07. The van der Waals surface area contributed by atoms with Crippen molar-refractivity contribution in [3.05, 3.63) is 64.2 Å². The summed E-state index contributed by atoms with van der Waals surface area (Å²) in [4.78, 5) is 10.0. The number of nitro groups is 1. The van der Waals surface area contributed by atoms with Gasteiger partial charge in [0.1, 0.15) is 0 Å². The molecule has 0 spiro atoms. The van der Waals surface area contributed by atoms with E-state index in [1.165, 1.54) is 42.5 Å². The van der Waals surface area contributed by atoms with Crippen molar-refractivity contribution < 1.29 is 21.8 Å². The zero-order valence-corrected chi connectivity index (χ0v) is 15.0. The van der Waals surface area contributed by atoms with Gasteiger partial charge in [0, 0.05) is 24.4 Å². The quantitative estimate of drug-likeness (QED) is 0.600. The van der Waals surface area contributed by atoms with Gasteiger partial charge in [-0.3, -0.25) is 10.1 Å². The van der Waals surface area contributed by atoms with Crippen LogP contribution in [0.1, 0.15) is 18.5 Å². The van der Waals surface area contributed by atoms with E-state index in [9.17, 15) is 26.9 Å². The number of rotatable bonds is 6. The van der Waals surface area contributed by atoms with Crippen molar-refractivity contribution in [3.63, 3.8) is 0 Å². The molecule has 0 fully saturated rings. The standard InChI is InChI=1S/C15H16N2O6S2/c1-11(12-6-8-14(9-7-12)24(2,20)21)16-25(22,23)15-5-3-4-13(10-15)17(18)19/h3-11,16H,1-2H3. The molecule has 0 amide bonds. The summed E-state index contributed by atoms with van der Waals surface area (Å²) in [5, 5.41) is 10.8. The molecule has 0 radical (unpaired) electrons. The SMILES string of the molecule is CC(NS(=O)(=O)c1cccc([N+](=O)[O-])c1)c1ccc(S(C)(=O)=O)cc1. The zero-order valence-electron chi connectivity index (χ0n) is 13.4. The van der Waals surface area contributed by atoms with Crippen molar-refractivity contribution >= 4 is 25.5 Å². The fourth-order valence-corrected chi connectivity index (χ4v) is 4.04. The molecule has 0 heterocycles. The van der Waals surface area contributed by atoms with Gasteiger partial charge in [-0.25, -0.2) is 21.6 Å². The Morgan fingerprint density at radius 2 is 1.60 bits per heavy atom. The van der Waals surface area contributed by atoms with Gasteiger partial charge in [-0.05, 0) is 30.7 Å². The number of benzene rings is 2. The second-order valence-electron chi connectivity index (χ2n) is 5.44. The van der Waals surface area contributed by atoms with E-state index in [4.69, 9.17) is 0 Å². The van der Waals surface area contributed by atoms with Crippen molar-refractivity contribution in [2.24, 2.45) is 0 Å². The van der Waals surface area contributed by atoms with E-state index >= 15 is 0 Å². The van der Waals surface area contributed by atoms with Gasteiger partial charge >= 0.3 is 0 Å². The van der Waals surface area contributed by atoms with Crippen LogP contribution in [0.4, 0.5) is 5.69 Å². The van der Waals surface area contributed by atoms with Gasteiger partial charge in [-0.15, -0.1) is 0 Å². The van der Waals surface area contributed by atoms with Crippen molar-refractivity contribution in [1.29, 1.82) is 0 Å². The molecule has 0 aliphatic rings. The Bertz CT molecular complexity index is 999. The maximum Gasteiger partial charge on any atom is 0.270 e. The van der Waals surface area contributed by atoms with E-state index in [2.05, 4.69) is 4.72 Å². The number of non-ortho nitro benzene ring substituents is 1. The summed E-state index contributed by atoms with van der Waals surface area (Å²) >= 11 is 0. The molecule has 10 heteroatoms. The van der Waals surface area contributed by atoms with Crippen LogP contribution in [-0.2, 0) is 19.9 Å². The van der Waals surface area contributed by atoms with Crippen LogP contribution in [-0.4, -0.2) is 28.0 Å². The molecular weight excluding hydrogens is 368 g/mol. The lowest BCUT2D eigenvalue weighted by Gasteiger charge is -2.15. The van der Waals surface area contributed by atoms with Crippen LogP contribution in [0.5, 0.6) is 0 Å². The summed E-state index contributed by atoms with van der Waals surface area (Å²) in [6, 6.07) is 9.87. The molecule has 0 bridgehead atoms. The summed E-state index contributed by atoms with van der Waals surface area (Å²) in [6.45, 7) is 1.59. The summed E-state index contributed by atoms with van der Waals surface area (Å²) in [5.41, 5.74) is 0.231. The van der Waals surface area contributed by atoms with Crippen molar-refractivity contribution in [2.45, 2.75) is 22.8 Å². The smallest absolute Gasteiger partial charge is 0.258 e. The Kier molecular flexibility index (Phi) is 5.26. The number of sulfonamides is 1. The highest BCUT2D eigenvalue weighted by atomic mass is 32.2. The number of nitro benzene ring substituents is 1. The molecule has 0 saturated heterocycles. The third kappa shape index (κ3) is 4.62. The summed E-state index contributed by atoms with van der Waals surface area (Å²) < 4.78 is 50.1. The fraction of sp³-hybridized carbons (Fsp3) is 0.200. The number of hydrogen-bond donors (Lipinski definition) is 1. The van der Waals surface area contributed by atoms with Crippen molar-refractivity contribution in [2.75, 3.05) is 6.26 Å². The lowest BCUT2D eigenvalue weighted by atomic mass is 10.1. The van der Waals surface area contributed by atoms with Gasteiger partial charge < -0.3 is 0 Å². The highest BCUT2D eigenvalue weighted by Gasteiger charge is 2.21. The highest BCUT2D eigenvalue weighted by molar-refractivity contribution is 7.90. The zero-order chi connectivity index (χ0) is 18.8. The first-order chi connectivity index (χ1) is 11.5. The number of sulfone groups is 1. The maximum absolute atomic E-state index is 12.4. The van der Waals surface area contributed by atoms with E-state index in [1.807, 2.05) is 0 Å². The minimum Gasteiger partial charge on any atom is -0.258 e. The Hall–Kier alpha value is -2.30. The molecule has 25 heavy (non-hydrogen) atoms. The molecule has 0 aromatic heterocycles. The van der Waals surface area contributed by atoms with Crippen LogP contribution in [0.15, 0.2) is 58.3 Å². The molecular formula is C15H16N2O6S2. The van der Waals surface area contributed by atoms with E-state index in [1.54, 1.807) is 6.92 Å². The number of hydrogen-bond acceptors (Lipinski definition) is 6. The van der Waals surface area contributed by atoms with Gasteiger partial charge in [0.05, 0.1) is 14.7 Å². The largest absolute Gasteiger partial charge is 0.270 e. The molecule has 1 unspecified atom stereocenters. The lowest BCUT2D eigenvalue weighted by Crippen LogP contribution is -2.27. The summed E-state index contributed by atoms with van der Waals surface area (Å²) in [7, 11) is -7.31. The predicted octanol–water partition coefficient (Wildman–Crippen LogP) is 2.04. The Morgan fingerprint density at radius 1 is 1.00 bits per heavy atom. The van der Waals surface area contributed by atoms with Gasteiger partial charge in [-0.2, -0.15) is 0 Å². The average Bonchev–Trinajstić information content (AvgIpc) is 2.54. The normalized spacial score (nSPS) is 13.4. The van der Waals surface area contributed by atoms with Crippen LogP contribution in [0, 0.1) is 10.1 Å². The molecule has 0 aliphatic carbocycles. The molecule has 0 saturated carbocycles. The van der Waals surface area contributed by atoms with Gasteiger partial charge in [0.25, 0.3) is 5.69 Å². The van der Waals surface area contributed by atoms with Crippen molar-refractivity contribution in [3.8, 4) is 0 Å². The molecule has 134 valence electrons. The molecule has 0 aliphatic heterocycles. The molecule has 8 nitrogen and oxygen atoms in total. The molecule has 2 rings (SSSR count). The predicted molar refractivity (Wildman–Crippen MR) is 91.4 cm³/mol. The van der Waals surface area contributed by atoms with Crippen LogP contribution >= 0.6 is 0 Å². The van der Waals surface area contributed by atoms with Crippen LogP contribution in [0.2, 0.25) is 0 Å². The first-order valence-corrected chi connectivity index (χ1v) is 10.4. The average molecular weight is 384 g/mol. The Morgan fingerprint density at radius 3 is 2.12 bits per heavy atom. The van der Waals surface area contributed by atoms with E-state index in [0.29, 0.717) is 5.56 Å². The van der Waals surface area contributed by atoms with E-state index in [-0.39, 0.29) is 15.5 Å². The first kappa shape index (κ1) is 19.0. The van der Waals surface area contributed by atoms with E-state index < -0.39 is 30.8 Å². The second kappa shape index (κ2) is 6.90. The monoisotopic (exact) mass is 384 g/mol. The minimum atomic E-state index is -3.97. The molecule has 2 aromatic rings. The van der Waals surface area contributed by atoms with Gasteiger partial charge in [-0.1, -0.05) is 18.2 Å². The fourth-order valence-electron chi connectivity index (χ4n) is 2.14. The molecule has 1 atom stereocenters.